The van der Waals surface area contributed by atoms with Gasteiger partial charge in [-0.15, -0.1) is 0 Å². The maximum atomic E-state index is 12.2. The van der Waals surface area contributed by atoms with Crippen LogP contribution in [-0.4, -0.2) is 30.8 Å². The van der Waals surface area contributed by atoms with Crippen molar-refractivity contribution in [3.05, 3.63) is 53.6 Å². The van der Waals surface area contributed by atoms with Crippen LogP contribution in [0.4, 0.5) is 10.5 Å². The van der Waals surface area contributed by atoms with Gasteiger partial charge in [0, 0.05) is 37.7 Å². The van der Waals surface area contributed by atoms with E-state index in [-0.39, 0.29) is 6.03 Å². The maximum absolute atomic E-state index is 12.2. The first-order valence-corrected chi connectivity index (χ1v) is 9.81. The molecule has 1 aliphatic heterocycles. The average Bonchev–Trinajstić information content (AvgIpc) is 3.26. The van der Waals surface area contributed by atoms with Crippen molar-refractivity contribution in [2.24, 2.45) is 0 Å². The van der Waals surface area contributed by atoms with Crippen molar-refractivity contribution >= 4 is 11.7 Å². The summed E-state index contributed by atoms with van der Waals surface area (Å²) in [6.45, 7) is 1.38. The van der Waals surface area contributed by atoms with Crippen molar-refractivity contribution in [1.82, 2.24) is 10.2 Å². The Labute approximate surface area is 165 Å². The molecule has 0 unspecified atom stereocenters. The number of carbonyl (C=O) groups is 1. The number of hydrogen-bond acceptors (Lipinski definition) is 4. The van der Waals surface area contributed by atoms with Crippen LogP contribution in [-0.2, 0) is 13.1 Å². The molecule has 2 aliphatic rings. The van der Waals surface area contributed by atoms with Gasteiger partial charge in [-0.1, -0.05) is 24.3 Å². The fourth-order valence-corrected chi connectivity index (χ4v) is 3.77. The summed E-state index contributed by atoms with van der Waals surface area (Å²) in [6.07, 6.45) is 4.08. The molecule has 2 aromatic rings. The molecule has 0 bridgehead atoms. The molecule has 4 rings (SSSR count). The molecular formula is C22H27N3O3. The number of benzene rings is 2. The number of carbonyl (C=O) groups excluding carboxylic acids is 1. The third kappa shape index (κ3) is 4.22. The fourth-order valence-electron chi connectivity index (χ4n) is 3.77. The van der Waals surface area contributed by atoms with Gasteiger partial charge in [0.25, 0.3) is 5.79 Å². The van der Waals surface area contributed by atoms with E-state index in [0.29, 0.717) is 18.0 Å². The van der Waals surface area contributed by atoms with Gasteiger partial charge in [-0.2, -0.15) is 0 Å². The lowest BCUT2D eigenvalue weighted by Gasteiger charge is -2.21. The second kappa shape index (κ2) is 7.72. The Morgan fingerprint density at radius 3 is 2.39 bits per heavy atom. The monoisotopic (exact) mass is 381 g/mol. The third-order valence-electron chi connectivity index (χ3n) is 5.13. The van der Waals surface area contributed by atoms with Crippen LogP contribution < -0.4 is 20.1 Å². The summed E-state index contributed by atoms with van der Waals surface area (Å²) in [5.41, 5.74) is 3.00. The zero-order valence-electron chi connectivity index (χ0n) is 16.5. The molecule has 6 nitrogen and oxygen atoms in total. The zero-order chi connectivity index (χ0) is 19.6. The third-order valence-corrected chi connectivity index (χ3v) is 5.13. The van der Waals surface area contributed by atoms with Crippen molar-refractivity contribution in [1.29, 1.82) is 0 Å². The molecule has 1 saturated carbocycles. The number of rotatable bonds is 5. The molecule has 28 heavy (non-hydrogen) atoms. The van der Waals surface area contributed by atoms with E-state index in [9.17, 15) is 4.79 Å². The Hall–Kier alpha value is -2.73. The molecule has 1 heterocycles. The highest BCUT2D eigenvalue weighted by atomic mass is 16.7. The number of ether oxygens (including phenoxy) is 2. The van der Waals surface area contributed by atoms with Crippen molar-refractivity contribution in [2.45, 2.75) is 44.6 Å². The maximum Gasteiger partial charge on any atom is 0.319 e. The predicted molar refractivity (Wildman–Crippen MR) is 109 cm³/mol. The van der Waals surface area contributed by atoms with Crippen molar-refractivity contribution in [2.75, 3.05) is 19.4 Å². The Morgan fingerprint density at radius 1 is 1.00 bits per heavy atom. The summed E-state index contributed by atoms with van der Waals surface area (Å²) in [6, 6.07) is 13.6. The molecule has 0 radical (unpaired) electrons. The lowest BCUT2D eigenvalue weighted by atomic mass is 10.1. The summed E-state index contributed by atoms with van der Waals surface area (Å²) in [7, 11) is 4.09. The van der Waals surface area contributed by atoms with Crippen molar-refractivity contribution in [3.63, 3.8) is 0 Å². The molecule has 1 fully saturated rings. The largest absolute Gasteiger partial charge is 0.448 e. The van der Waals surface area contributed by atoms with Gasteiger partial charge in [-0.25, -0.2) is 4.79 Å². The van der Waals surface area contributed by atoms with Crippen LogP contribution in [0.15, 0.2) is 42.5 Å². The number of anilines is 1. The van der Waals surface area contributed by atoms with Crippen LogP contribution in [0.25, 0.3) is 0 Å². The molecule has 0 aromatic heterocycles. The first kappa shape index (κ1) is 18.6. The Morgan fingerprint density at radius 2 is 1.68 bits per heavy atom. The topological polar surface area (TPSA) is 62.8 Å². The summed E-state index contributed by atoms with van der Waals surface area (Å²) < 4.78 is 12.0. The molecule has 2 aromatic carbocycles. The van der Waals surface area contributed by atoms with Crippen molar-refractivity contribution < 1.29 is 14.3 Å². The van der Waals surface area contributed by atoms with Gasteiger partial charge in [-0.05, 0) is 50.2 Å². The minimum atomic E-state index is -0.484. The van der Waals surface area contributed by atoms with E-state index in [1.807, 2.05) is 44.4 Å². The van der Waals surface area contributed by atoms with Gasteiger partial charge in [-0.3, -0.25) is 0 Å². The SMILES string of the molecule is CN(C)Cc1ccc(CNC(=O)Nc2ccc3c(c2)OC2(CCCC2)O3)cc1. The van der Waals surface area contributed by atoms with E-state index >= 15 is 0 Å². The van der Waals surface area contributed by atoms with Crippen LogP contribution >= 0.6 is 0 Å². The van der Waals surface area contributed by atoms with E-state index in [2.05, 4.69) is 27.7 Å². The summed E-state index contributed by atoms with van der Waals surface area (Å²) >= 11 is 0. The number of nitrogens with zero attached hydrogens (tertiary/aromatic N) is 1. The quantitative estimate of drug-likeness (QED) is 0.818. The van der Waals surface area contributed by atoms with E-state index < -0.39 is 5.79 Å². The van der Waals surface area contributed by atoms with E-state index in [1.54, 1.807) is 0 Å². The van der Waals surface area contributed by atoms with Crippen LogP contribution in [0, 0.1) is 0 Å². The van der Waals surface area contributed by atoms with E-state index in [0.717, 1.165) is 43.5 Å². The number of urea groups is 1. The van der Waals surface area contributed by atoms with Gasteiger partial charge >= 0.3 is 6.03 Å². The number of nitrogens with one attached hydrogen (secondary N) is 2. The standard InChI is InChI=1S/C22H27N3O3/c1-25(2)15-17-7-5-16(6-8-17)14-23-21(26)24-18-9-10-19-20(13-18)28-22(27-19)11-3-4-12-22/h5-10,13H,3-4,11-12,14-15H2,1-2H3,(H2,23,24,26). The molecule has 2 amide bonds. The van der Waals surface area contributed by atoms with Gasteiger partial charge in [0.2, 0.25) is 0 Å². The minimum Gasteiger partial charge on any atom is -0.448 e. The highest BCUT2D eigenvalue weighted by Crippen LogP contribution is 2.47. The second-order valence-corrected chi connectivity index (χ2v) is 7.85. The average molecular weight is 381 g/mol. The zero-order valence-corrected chi connectivity index (χ0v) is 16.5. The first-order chi connectivity index (χ1) is 13.5. The fraction of sp³-hybridized carbons (Fsp3) is 0.409. The second-order valence-electron chi connectivity index (χ2n) is 7.85. The minimum absolute atomic E-state index is 0.244. The van der Waals surface area contributed by atoms with Gasteiger partial charge in [0.05, 0.1) is 0 Å². The van der Waals surface area contributed by atoms with Crippen LogP contribution in [0.1, 0.15) is 36.8 Å². The highest BCUT2D eigenvalue weighted by Gasteiger charge is 2.44. The molecule has 2 N–H and O–H groups in total. The molecule has 148 valence electrons. The van der Waals surface area contributed by atoms with Gasteiger partial charge in [0.15, 0.2) is 11.5 Å². The molecule has 0 atom stereocenters. The van der Waals surface area contributed by atoms with Gasteiger partial charge in [0.1, 0.15) is 0 Å². The molecule has 1 spiro atoms. The predicted octanol–water partition coefficient (Wildman–Crippen LogP) is 4.11. The van der Waals surface area contributed by atoms with Crippen molar-refractivity contribution in [3.8, 4) is 11.5 Å². The molecule has 6 heteroatoms. The lowest BCUT2D eigenvalue weighted by Crippen LogP contribution is -2.34. The molecule has 1 aliphatic carbocycles. The first-order valence-electron chi connectivity index (χ1n) is 9.81. The van der Waals surface area contributed by atoms with Crippen LogP contribution in [0.5, 0.6) is 11.5 Å². The molecule has 0 saturated heterocycles. The smallest absolute Gasteiger partial charge is 0.319 e. The van der Waals surface area contributed by atoms with E-state index in [4.69, 9.17) is 9.47 Å². The summed E-state index contributed by atoms with van der Waals surface area (Å²) in [5.74, 6) is 0.976. The Kier molecular flexibility index (Phi) is 5.13. The van der Waals surface area contributed by atoms with E-state index in [1.165, 1.54) is 5.56 Å². The summed E-state index contributed by atoms with van der Waals surface area (Å²) in [5, 5.41) is 5.76. The summed E-state index contributed by atoms with van der Waals surface area (Å²) in [4.78, 5) is 14.4. The number of amides is 2. The van der Waals surface area contributed by atoms with Gasteiger partial charge < -0.3 is 25.0 Å². The van der Waals surface area contributed by atoms with Crippen LogP contribution in [0.2, 0.25) is 0 Å². The number of hydrogen-bond donors (Lipinski definition) is 2. The highest BCUT2D eigenvalue weighted by molar-refractivity contribution is 5.89. The normalized spacial score (nSPS) is 16.5. The van der Waals surface area contributed by atoms with Crippen LogP contribution in [0.3, 0.4) is 0 Å². The molecular weight excluding hydrogens is 354 g/mol. The number of fused-ring (bicyclic) bond motifs is 1. The Bertz CT molecular complexity index is 843. The lowest BCUT2D eigenvalue weighted by molar-refractivity contribution is -0.0716. The Balaban J connectivity index is 1.30.